The summed E-state index contributed by atoms with van der Waals surface area (Å²) < 4.78 is 0. The molecule has 5 heteroatoms. The van der Waals surface area contributed by atoms with E-state index in [9.17, 15) is 0 Å². The van der Waals surface area contributed by atoms with Gasteiger partial charge in [0, 0.05) is 0 Å². The molecule has 43 valence electrons. The maximum Gasteiger partial charge on any atom is 0.145 e. The molecule has 1 N–H and O–H groups in total. The van der Waals surface area contributed by atoms with Crippen LogP contribution in [0.3, 0.4) is 0 Å². The van der Waals surface area contributed by atoms with Gasteiger partial charge >= 0.3 is 0 Å². The molecule has 0 amide bonds. The maximum atomic E-state index is 3.66. The molecule has 5 nitrogen and oxygen atoms in total. The Morgan fingerprint density at radius 3 is 3.44 bits per heavy atom. The molecule has 0 fully saturated rings. The highest BCUT2D eigenvalue weighted by Gasteiger charge is 1.93. The molecule has 0 aromatic carbocycles. The fourth-order valence-corrected chi connectivity index (χ4v) is 0.571. The van der Waals surface area contributed by atoms with E-state index in [1.807, 2.05) is 0 Å². The molecule has 2 rings (SSSR count). The molecular weight excluding hydrogens is 118 g/mol. The Hall–Kier alpha value is -1.52. The first-order valence-electron chi connectivity index (χ1n) is 2.37. The molecule has 0 atom stereocenters. The predicted molar refractivity (Wildman–Crippen MR) is 28.3 cm³/mol. The molecule has 1 radical (unpaired) electrons. The molecule has 0 bridgehead atoms. The summed E-state index contributed by atoms with van der Waals surface area (Å²) in [6.45, 7) is 0. The second kappa shape index (κ2) is 1.48. The molecule has 0 aliphatic rings. The van der Waals surface area contributed by atoms with Crippen LogP contribution in [0.1, 0.15) is 0 Å². The lowest BCUT2D eigenvalue weighted by Gasteiger charge is -1.76. The van der Waals surface area contributed by atoms with Crippen molar-refractivity contribution >= 4 is 11.0 Å². The number of H-pyrrole nitrogens is 1. The topological polar surface area (TPSA) is 67.3 Å². The van der Waals surface area contributed by atoms with E-state index >= 15 is 0 Å². The minimum Gasteiger partial charge on any atom is -0.256 e. The molecule has 0 aliphatic heterocycles. The van der Waals surface area contributed by atoms with Gasteiger partial charge < -0.3 is 0 Å². The van der Waals surface area contributed by atoms with E-state index in [1.165, 1.54) is 0 Å². The normalized spacial score (nSPS) is 10.2. The highest BCUT2D eigenvalue weighted by Crippen LogP contribution is 1.98. The van der Waals surface area contributed by atoms with Gasteiger partial charge in [0.05, 0.1) is 6.20 Å². The number of fused-ring (bicyclic) bond motifs is 1. The molecule has 2 aromatic heterocycles. The van der Waals surface area contributed by atoms with Gasteiger partial charge in [-0.1, -0.05) is 5.21 Å². The van der Waals surface area contributed by atoms with E-state index in [1.54, 1.807) is 6.20 Å². The molecule has 0 saturated carbocycles. The second-order valence-electron chi connectivity index (χ2n) is 1.53. The average Bonchev–Trinajstić information content (AvgIpc) is 2.33. The number of hydrogen-bond donors (Lipinski definition) is 1. The minimum absolute atomic E-state index is 0.616. The van der Waals surface area contributed by atoms with Gasteiger partial charge in [-0.3, -0.25) is 5.10 Å². The van der Waals surface area contributed by atoms with E-state index in [-0.39, 0.29) is 0 Å². The SMILES string of the molecule is [c]1nncc2[nH]nnc12. The molecule has 2 heterocycles. The van der Waals surface area contributed by atoms with Crippen molar-refractivity contribution in [1.82, 2.24) is 25.6 Å². The van der Waals surface area contributed by atoms with Gasteiger partial charge in [0.1, 0.15) is 17.2 Å². The molecule has 0 unspecified atom stereocenters. The third-order valence-corrected chi connectivity index (χ3v) is 0.976. The van der Waals surface area contributed by atoms with Crippen LogP contribution in [0.15, 0.2) is 6.20 Å². The number of nitrogens with one attached hydrogen (secondary N) is 1. The fraction of sp³-hybridized carbons (Fsp3) is 0. The summed E-state index contributed by atoms with van der Waals surface area (Å²) in [4.78, 5) is 0. The lowest BCUT2D eigenvalue weighted by molar-refractivity contribution is 0.959. The lowest BCUT2D eigenvalue weighted by Crippen LogP contribution is -1.77. The summed E-state index contributed by atoms with van der Waals surface area (Å²) in [6, 6.07) is 0. The van der Waals surface area contributed by atoms with Crippen molar-refractivity contribution in [1.29, 1.82) is 0 Å². The Morgan fingerprint density at radius 2 is 2.56 bits per heavy atom. The summed E-state index contributed by atoms with van der Waals surface area (Å²) >= 11 is 0. The van der Waals surface area contributed by atoms with Gasteiger partial charge in [-0.2, -0.15) is 5.10 Å². The van der Waals surface area contributed by atoms with Crippen LogP contribution in [0.25, 0.3) is 11.0 Å². The van der Waals surface area contributed by atoms with Gasteiger partial charge in [-0.25, -0.2) is 0 Å². The molecule has 0 aliphatic carbocycles. The quantitative estimate of drug-likeness (QED) is 0.511. The molecule has 0 saturated heterocycles. The smallest absolute Gasteiger partial charge is 0.145 e. The van der Waals surface area contributed by atoms with E-state index in [0.29, 0.717) is 5.52 Å². The molecular formula is C4H2N5. The van der Waals surface area contributed by atoms with Crippen LogP contribution >= 0.6 is 0 Å². The number of aromatic amines is 1. The fourth-order valence-electron chi connectivity index (χ4n) is 0.571. The van der Waals surface area contributed by atoms with E-state index < -0.39 is 0 Å². The van der Waals surface area contributed by atoms with E-state index in [0.717, 1.165) is 5.52 Å². The maximum absolute atomic E-state index is 3.66. The van der Waals surface area contributed by atoms with Crippen LogP contribution in [0.4, 0.5) is 0 Å². The Labute approximate surface area is 50.1 Å². The van der Waals surface area contributed by atoms with Crippen LogP contribution < -0.4 is 0 Å². The Balaban J connectivity index is 2.95. The van der Waals surface area contributed by atoms with Crippen molar-refractivity contribution in [3.05, 3.63) is 12.4 Å². The monoisotopic (exact) mass is 120 g/mol. The molecule has 9 heavy (non-hydrogen) atoms. The predicted octanol–water partition coefficient (Wildman–Crippen LogP) is -0.452. The summed E-state index contributed by atoms with van der Waals surface area (Å²) in [5, 5.41) is 16.9. The zero-order valence-corrected chi connectivity index (χ0v) is 4.37. The minimum atomic E-state index is 0.616. The third-order valence-electron chi connectivity index (χ3n) is 0.976. The van der Waals surface area contributed by atoms with Crippen LogP contribution in [0.2, 0.25) is 0 Å². The van der Waals surface area contributed by atoms with Crippen LogP contribution in [-0.2, 0) is 0 Å². The van der Waals surface area contributed by atoms with Gasteiger partial charge in [0.25, 0.3) is 0 Å². The third kappa shape index (κ3) is 0.543. The zero-order valence-electron chi connectivity index (χ0n) is 4.37. The molecule has 2 aromatic rings. The number of aromatic nitrogens is 5. The number of nitrogens with zero attached hydrogens (tertiary/aromatic N) is 4. The van der Waals surface area contributed by atoms with Gasteiger partial charge in [0.15, 0.2) is 0 Å². The first kappa shape index (κ1) is 4.37. The van der Waals surface area contributed by atoms with Crippen molar-refractivity contribution in [3.63, 3.8) is 0 Å². The van der Waals surface area contributed by atoms with E-state index in [4.69, 9.17) is 0 Å². The Kier molecular flexibility index (Phi) is 0.717. The Bertz CT molecular complexity index is 283. The van der Waals surface area contributed by atoms with Crippen molar-refractivity contribution in [3.8, 4) is 0 Å². The zero-order chi connectivity index (χ0) is 6.10. The Morgan fingerprint density at radius 1 is 1.56 bits per heavy atom. The summed E-state index contributed by atoms with van der Waals surface area (Å²) in [5.41, 5.74) is 1.37. The standard InChI is InChI=1S/C4H2N5/c1-3-4(2-6-5-1)8-9-7-3/h1H,(H,7,8,9). The van der Waals surface area contributed by atoms with Gasteiger partial charge in [-0.05, 0) is 0 Å². The lowest BCUT2D eigenvalue weighted by atomic mass is 10.5. The van der Waals surface area contributed by atoms with Gasteiger partial charge in [0.2, 0.25) is 0 Å². The first-order chi connectivity index (χ1) is 4.47. The van der Waals surface area contributed by atoms with Crippen molar-refractivity contribution in [2.24, 2.45) is 0 Å². The van der Waals surface area contributed by atoms with Crippen LogP contribution in [0, 0.1) is 6.20 Å². The van der Waals surface area contributed by atoms with Crippen molar-refractivity contribution in [2.45, 2.75) is 0 Å². The number of rotatable bonds is 0. The summed E-state index contributed by atoms with van der Waals surface area (Å²) in [6.07, 6.45) is 4.11. The first-order valence-corrected chi connectivity index (χ1v) is 2.37. The summed E-state index contributed by atoms with van der Waals surface area (Å²) in [5.74, 6) is 0. The number of hydrogen-bond acceptors (Lipinski definition) is 4. The van der Waals surface area contributed by atoms with Gasteiger partial charge in [-0.15, -0.1) is 10.2 Å². The molecule has 0 spiro atoms. The largest absolute Gasteiger partial charge is 0.256 e. The van der Waals surface area contributed by atoms with Crippen LogP contribution in [0.5, 0.6) is 0 Å². The second-order valence-corrected chi connectivity index (χ2v) is 1.53. The highest BCUT2D eigenvalue weighted by atomic mass is 15.3. The van der Waals surface area contributed by atoms with Crippen molar-refractivity contribution in [2.75, 3.05) is 0 Å². The highest BCUT2D eigenvalue weighted by molar-refractivity contribution is 5.69. The van der Waals surface area contributed by atoms with E-state index in [2.05, 4.69) is 31.8 Å². The average molecular weight is 120 g/mol. The van der Waals surface area contributed by atoms with Crippen molar-refractivity contribution < 1.29 is 0 Å². The van der Waals surface area contributed by atoms with Crippen LogP contribution in [-0.4, -0.2) is 25.6 Å². The summed E-state index contributed by atoms with van der Waals surface area (Å²) in [7, 11) is 0.